The quantitative estimate of drug-likeness (QED) is 0.664. The van der Waals surface area contributed by atoms with Crippen molar-refractivity contribution in [2.45, 2.75) is 26.4 Å². The first-order chi connectivity index (χ1) is 11.2. The second-order valence-electron chi connectivity index (χ2n) is 6.28. The third-order valence-electron chi connectivity index (χ3n) is 3.11. The van der Waals surface area contributed by atoms with Crippen molar-refractivity contribution >= 4 is 22.7 Å². The number of H-pyrrole nitrogens is 1. The van der Waals surface area contributed by atoms with E-state index in [0.29, 0.717) is 10.9 Å². The molecule has 0 saturated heterocycles. The van der Waals surface area contributed by atoms with Crippen LogP contribution < -0.4 is 4.74 Å². The lowest BCUT2D eigenvalue weighted by molar-refractivity contribution is -0.385. The van der Waals surface area contributed by atoms with Gasteiger partial charge in [-0.1, -0.05) is 0 Å². The minimum Gasteiger partial charge on any atom is -0.485 e. The Balaban J connectivity index is 2.01. The molecule has 0 saturated carbocycles. The topological polar surface area (TPSA) is 111 Å². The molecular formula is C15H20N4O5. The molecule has 2 aromatic rings. The summed E-state index contributed by atoms with van der Waals surface area (Å²) < 4.78 is 10.7. The Morgan fingerprint density at radius 3 is 2.75 bits per heavy atom. The average Bonchev–Trinajstić information content (AvgIpc) is 2.91. The summed E-state index contributed by atoms with van der Waals surface area (Å²) in [6, 6.07) is 2.92. The number of aromatic nitrogens is 2. The van der Waals surface area contributed by atoms with Crippen LogP contribution in [0.2, 0.25) is 0 Å². The third kappa shape index (κ3) is 4.34. The summed E-state index contributed by atoms with van der Waals surface area (Å²) in [7, 11) is 1.57. The Kier molecular flexibility index (Phi) is 4.91. The van der Waals surface area contributed by atoms with Gasteiger partial charge in [0.05, 0.1) is 23.2 Å². The van der Waals surface area contributed by atoms with Gasteiger partial charge in [-0.05, 0) is 20.8 Å². The molecule has 0 fully saturated rings. The van der Waals surface area contributed by atoms with E-state index in [-0.39, 0.29) is 24.6 Å². The molecule has 0 spiro atoms. The van der Waals surface area contributed by atoms with Crippen molar-refractivity contribution in [1.29, 1.82) is 0 Å². The van der Waals surface area contributed by atoms with E-state index in [9.17, 15) is 14.9 Å². The second kappa shape index (κ2) is 6.73. The van der Waals surface area contributed by atoms with Crippen LogP contribution in [0.5, 0.6) is 5.75 Å². The molecule has 0 aliphatic heterocycles. The summed E-state index contributed by atoms with van der Waals surface area (Å²) in [6.45, 7) is 5.65. The molecule has 0 unspecified atom stereocenters. The van der Waals surface area contributed by atoms with Crippen LogP contribution >= 0.6 is 0 Å². The molecule has 0 bridgehead atoms. The van der Waals surface area contributed by atoms with E-state index < -0.39 is 16.6 Å². The maximum Gasteiger partial charge on any atom is 0.410 e. The largest absolute Gasteiger partial charge is 0.485 e. The highest BCUT2D eigenvalue weighted by Gasteiger charge is 2.21. The molecule has 2 rings (SSSR count). The highest BCUT2D eigenvalue weighted by atomic mass is 16.6. The highest BCUT2D eigenvalue weighted by molar-refractivity contribution is 5.83. The van der Waals surface area contributed by atoms with E-state index in [4.69, 9.17) is 9.47 Å². The summed E-state index contributed by atoms with van der Waals surface area (Å²) in [6.07, 6.45) is 1.02. The second-order valence-corrected chi connectivity index (χ2v) is 6.28. The van der Waals surface area contributed by atoms with Crippen molar-refractivity contribution in [3.05, 3.63) is 28.4 Å². The lowest BCUT2D eigenvalue weighted by Crippen LogP contribution is -2.36. The monoisotopic (exact) mass is 336 g/mol. The number of likely N-dealkylation sites (N-methyl/N-ethyl adjacent to an activating group) is 1. The van der Waals surface area contributed by atoms with Gasteiger partial charge in [0.15, 0.2) is 5.75 Å². The zero-order valence-electron chi connectivity index (χ0n) is 14.0. The van der Waals surface area contributed by atoms with E-state index in [1.807, 2.05) is 0 Å². The van der Waals surface area contributed by atoms with E-state index in [2.05, 4.69) is 10.2 Å². The molecule has 1 aromatic heterocycles. The Hall–Kier alpha value is -2.84. The van der Waals surface area contributed by atoms with Crippen molar-refractivity contribution in [2.24, 2.45) is 0 Å². The van der Waals surface area contributed by atoms with Crippen LogP contribution in [0.1, 0.15) is 20.8 Å². The van der Waals surface area contributed by atoms with E-state index >= 15 is 0 Å². The molecule has 0 atom stereocenters. The van der Waals surface area contributed by atoms with E-state index in [1.165, 1.54) is 23.2 Å². The maximum absolute atomic E-state index is 11.8. The van der Waals surface area contributed by atoms with Gasteiger partial charge < -0.3 is 14.4 Å². The average molecular weight is 336 g/mol. The zero-order chi connectivity index (χ0) is 17.9. The lowest BCUT2D eigenvalue weighted by atomic mass is 10.2. The molecule has 1 aromatic carbocycles. The number of aromatic amines is 1. The van der Waals surface area contributed by atoms with Crippen molar-refractivity contribution < 1.29 is 19.2 Å². The summed E-state index contributed by atoms with van der Waals surface area (Å²) >= 11 is 0. The number of nitrogens with zero attached hydrogens (tertiary/aromatic N) is 3. The fourth-order valence-corrected chi connectivity index (χ4v) is 1.94. The van der Waals surface area contributed by atoms with Crippen molar-refractivity contribution in [2.75, 3.05) is 20.2 Å². The molecule has 0 aliphatic carbocycles. The van der Waals surface area contributed by atoms with Crippen LogP contribution in [0.4, 0.5) is 10.5 Å². The molecule has 1 heterocycles. The number of ether oxygens (including phenoxy) is 2. The first kappa shape index (κ1) is 17.5. The molecule has 9 heteroatoms. The minimum atomic E-state index is -0.587. The van der Waals surface area contributed by atoms with E-state index in [0.717, 1.165) is 0 Å². The molecule has 1 amide bonds. The van der Waals surface area contributed by atoms with Gasteiger partial charge in [-0.3, -0.25) is 15.2 Å². The van der Waals surface area contributed by atoms with E-state index in [1.54, 1.807) is 27.8 Å². The molecule has 24 heavy (non-hydrogen) atoms. The number of nitrogens with one attached hydrogen (secondary N) is 1. The standard InChI is InChI=1S/C15H20N4O5/c1-15(2,3)24-14(20)18(4)5-6-23-13-8-11-10(9-16-17-11)7-12(13)19(21)22/h7-9H,5-6H2,1-4H3,(H,16,17). The van der Waals surface area contributed by atoms with Gasteiger partial charge in [0.1, 0.15) is 12.2 Å². The molecule has 1 N–H and O–H groups in total. The molecule has 9 nitrogen and oxygen atoms in total. The number of hydrogen-bond acceptors (Lipinski definition) is 6. The van der Waals surface area contributed by atoms with Crippen LogP contribution in [0.15, 0.2) is 18.3 Å². The smallest absolute Gasteiger partial charge is 0.410 e. The van der Waals surface area contributed by atoms with Gasteiger partial charge in [-0.15, -0.1) is 0 Å². The molecular weight excluding hydrogens is 316 g/mol. The van der Waals surface area contributed by atoms with Gasteiger partial charge in [-0.2, -0.15) is 5.10 Å². The zero-order valence-corrected chi connectivity index (χ0v) is 14.0. The van der Waals surface area contributed by atoms with Crippen molar-refractivity contribution in [1.82, 2.24) is 15.1 Å². The van der Waals surface area contributed by atoms with Crippen molar-refractivity contribution in [3.63, 3.8) is 0 Å². The number of hydrogen-bond donors (Lipinski definition) is 1. The Labute approximate surface area is 138 Å². The van der Waals surface area contributed by atoms with Crippen molar-refractivity contribution in [3.8, 4) is 5.75 Å². The summed E-state index contributed by atoms with van der Waals surface area (Å²) in [5.41, 5.74) is -0.101. The number of nitro benzene ring substituents is 1. The van der Waals surface area contributed by atoms with Crippen LogP contribution in [0.3, 0.4) is 0 Å². The number of carbonyl (C=O) groups excluding carboxylic acids is 1. The number of rotatable bonds is 5. The first-order valence-corrected chi connectivity index (χ1v) is 7.36. The van der Waals surface area contributed by atoms with Gasteiger partial charge >= 0.3 is 11.8 Å². The normalized spacial score (nSPS) is 11.3. The lowest BCUT2D eigenvalue weighted by Gasteiger charge is -2.24. The highest BCUT2D eigenvalue weighted by Crippen LogP contribution is 2.31. The van der Waals surface area contributed by atoms with Gasteiger partial charge in [0.2, 0.25) is 0 Å². The third-order valence-corrected chi connectivity index (χ3v) is 3.11. The number of fused-ring (bicyclic) bond motifs is 1. The number of nitro groups is 1. The summed E-state index contributed by atoms with van der Waals surface area (Å²) in [5, 5.41) is 18.4. The fraction of sp³-hybridized carbons (Fsp3) is 0.467. The van der Waals surface area contributed by atoms with Crippen LogP contribution in [0.25, 0.3) is 10.9 Å². The Morgan fingerprint density at radius 2 is 2.12 bits per heavy atom. The molecule has 0 aliphatic rings. The number of amides is 1. The molecule has 0 radical (unpaired) electrons. The Bertz CT molecular complexity index is 750. The fourth-order valence-electron chi connectivity index (χ4n) is 1.94. The summed E-state index contributed by atoms with van der Waals surface area (Å²) in [4.78, 5) is 23.8. The molecule has 130 valence electrons. The summed E-state index contributed by atoms with van der Waals surface area (Å²) in [5.74, 6) is 0.120. The van der Waals surface area contributed by atoms with Gasteiger partial charge in [0.25, 0.3) is 0 Å². The SMILES string of the molecule is CN(CCOc1cc2[nH]ncc2cc1[N+](=O)[O-])C(=O)OC(C)(C)C. The predicted molar refractivity (Wildman–Crippen MR) is 87.1 cm³/mol. The van der Waals surface area contributed by atoms with Crippen LogP contribution in [-0.2, 0) is 4.74 Å². The van der Waals surface area contributed by atoms with Gasteiger partial charge in [-0.25, -0.2) is 4.79 Å². The Morgan fingerprint density at radius 1 is 1.42 bits per heavy atom. The predicted octanol–water partition coefficient (Wildman–Crippen LogP) is 2.72. The van der Waals surface area contributed by atoms with Gasteiger partial charge in [0, 0.05) is 24.6 Å². The van der Waals surface area contributed by atoms with Crippen LogP contribution in [-0.4, -0.2) is 51.9 Å². The first-order valence-electron chi connectivity index (χ1n) is 7.36. The number of benzene rings is 1. The minimum absolute atomic E-state index is 0.0935. The number of carbonyl (C=O) groups is 1. The van der Waals surface area contributed by atoms with Crippen LogP contribution in [0, 0.1) is 10.1 Å². The maximum atomic E-state index is 11.8.